The lowest BCUT2D eigenvalue weighted by molar-refractivity contribution is -0.138. The molecule has 0 amide bonds. The summed E-state index contributed by atoms with van der Waals surface area (Å²) in [6, 6.07) is 5.16. The molecule has 2 nitrogen and oxygen atoms in total. The molecule has 2 rings (SSSR count). The Morgan fingerprint density at radius 3 is 2.50 bits per heavy atom. The standard InChI is InChI=1S/C10H6BrCl3O2/c11-5-3-4(1-2-6(5)12)7-8(9(15)16)10(7,13)14/h1-3,7-8H,(H,15,16)/t7-,8?/m0/s1. The number of carboxylic acids is 1. The minimum absolute atomic E-state index is 0.387. The van der Waals surface area contributed by atoms with E-state index in [0.717, 1.165) is 5.56 Å². The summed E-state index contributed by atoms with van der Waals surface area (Å²) in [6.07, 6.45) is 0. The van der Waals surface area contributed by atoms with Gasteiger partial charge in [-0.05, 0) is 33.6 Å². The fourth-order valence-electron chi connectivity index (χ4n) is 1.75. The van der Waals surface area contributed by atoms with Gasteiger partial charge in [-0.2, -0.15) is 0 Å². The van der Waals surface area contributed by atoms with Crippen molar-refractivity contribution in [1.82, 2.24) is 0 Å². The van der Waals surface area contributed by atoms with Crippen molar-refractivity contribution in [2.45, 2.75) is 10.3 Å². The molecule has 16 heavy (non-hydrogen) atoms. The van der Waals surface area contributed by atoms with Crippen LogP contribution in [0.15, 0.2) is 22.7 Å². The van der Waals surface area contributed by atoms with Gasteiger partial charge in [-0.3, -0.25) is 4.79 Å². The summed E-state index contributed by atoms with van der Waals surface area (Å²) in [5.74, 6) is -2.13. The summed E-state index contributed by atoms with van der Waals surface area (Å²) in [6.45, 7) is 0. The second kappa shape index (κ2) is 4.05. The van der Waals surface area contributed by atoms with Crippen molar-refractivity contribution in [2.75, 3.05) is 0 Å². The Labute approximate surface area is 116 Å². The number of alkyl halides is 2. The zero-order chi connectivity index (χ0) is 12.1. The van der Waals surface area contributed by atoms with Crippen LogP contribution in [0.3, 0.4) is 0 Å². The van der Waals surface area contributed by atoms with Gasteiger partial charge in [0.15, 0.2) is 0 Å². The predicted octanol–water partition coefficient (Wildman–Crippen LogP) is 4.07. The van der Waals surface area contributed by atoms with Crippen molar-refractivity contribution >= 4 is 56.7 Å². The lowest BCUT2D eigenvalue weighted by Gasteiger charge is -2.02. The molecule has 1 aromatic rings. The third kappa shape index (κ3) is 1.94. The van der Waals surface area contributed by atoms with Crippen LogP contribution >= 0.6 is 50.7 Å². The largest absolute Gasteiger partial charge is 0.481 e. The van der Waals surface area contributed by atoms with E-state index >= 15 is 0 Å². The Bertz CT molecular complexity index is 461. The number of hydrogen-bond acceptors (Lipinski definition) is 1. The Hall–Kier alpha value is 0.0400. The van der Waals surface area contributed by atoms with E-state index < -0.39 is 16.2 Å². The summed E-state index contributed by atoms with van der Waals surface area (Å²) < 4.78 is -0.522. The van der Waals surface area contributed by atoms with Gasteiger partial charge in [0.2, 0.25) is 0 Å². The average molecular weight is 344 g/mol. The summed E-state index contributed by atoms with van der Waals surface area (Å²) in [5, 5.41) is 9.50. The van der Waals surface area contributed by atoms with Crippen LogP contribution in [0.1, 0.15) is 11.5 Å². The van der Waals surface area contributed by atoms with Gasteiger partial charge in [-0.25, -0.2) is 0 Å². The van der Waals surface area contributed by atoms with E-state index in [-0.39, 0.29) is 5.92 Å². The molecule has 1 aliphatic rings. The molecular weight excluding hydrogens is 338 g/mol. The fourth-order valence-corrected chi connectivity index (χ4v) is 3.09. The molecule has 1 aromatic carbocycles. The highest BCUT2D eigenvalue weighted by Gasteiger charge is 2.68. The Morgan fingerprint density at radius 1 is 1.44 bits per heavy atom. The van der Waals surface area contributed by atoms with Crippen molar-refractivity contribution < 1.29 is 9.90 Å². The van der Waals surface area contributed by atoms with E-state index in [2.05, 4.69) is 15.9 Å². The average Bonchev–Trinajstić information content (AvgIpc) is 2.74. The Morgan fingerprint density at radius 2 is 2.06 bits per heavy atom. The van der Waals surface area contributed by atoms with Gasteiger partial charge >= 0.3 is 5.97 Å². The van der Waals surface area contributed by atoms with E-state index in [1.165, 1.54) is 0 Å². The van der Waals surface area contributed by atoms with Crippen LogP contribution < -0.4 is 0 Å². The number of aliphatic carboxylic acids is 1. The first-order chi connectivity index (χ1) is 7.35. The maximum atomic E-state index is 10.9. The van der Waals surface area contributed by atoms with Crippen LogP contribution in [-0.2, 0) is 4.79 Å². The van der Waals surface area contributed by atoms with E-state index in [1.54, 1.807) is 18.2 Å². The molecule has 86 valence electrons. The second-order valence-corrected chi connectivity index (χ2v) is 6.35. The van der Waals surface area contributed by atoms with Crippen molar-refractivity contribution in [2.24, 2.45) is 5.92 Å². The molecular formula is C10H6BrCl3O2. The lowest BCUT2D eigenvalue weighted by Crippen LogP contribution is -2.03. The SMILES string of the molecule is O=C(O)C1[C@H](c2ccc(Cl)c(Br)c2)C1(Cl)Cl. The minimum atomic E-state index is -1.22. The maximum Gasteiger partial charge on any atom is 0.310 e. The molecule has 0 aliphatic heterocycles. The normalized spacial score (nSPS) is 26.5. The monoisotopic (exact) mass is 342 g/mol. The van der Waals surface area contributed by atoms with E-state index in [1.807, 2.05) is 0 Å². The van der Waals surface area contributed by atoms with Gasteiger partial charge in [-0.15, -0.1) is 0 Å². The third-order valence-electron chi connectivity index (χ3n) is 2.62. The topological polar surface area (TPSA) is 37.3 Å². The molecule has 2 atom stereocenters. The van der Waals surface area contributed by atoms with Crippen LogP contribution in [0.25, 0.3) is 0 Å². The third-order valence-corrected chi connectivity index (χ3v) is 4.78. The summed E-state index contributed by atoms with van der Waals surface area (Å²) in [7, 11) is 0. The van der Waals surface area contributed by atoms with Crippen LogP contribution in [0, 0.1) is 5.92 Å². The van der Waals surface area contributed by atoms with Crippen molar-refractivity contribution in [3.8, 4) is 0 Å². The zero-order valence-electron chi connectivity index (χ0n) is 7.75. The quantitative estimate of drug-likeness (QED) is 0.821. The van der Waals surface area contributed by atoms with Gasteiger partial charge in [0.1, 0.15) is 4.33 Å². The maximum absolute atomic E-state index is 10.9. The van der Waals surface area contributed by atoms with Crippen molar-refractivity contribution in [3.05, 3.63) is 33.3 Å². The number of carboxylic acid groups (broad SMARTS) is 1. The van der Waals surface area contributed by atoms with E-state index in [4.69, 9.17) is 39.9 Å². The lowest BCUT2D eigenvalue weighted by atomic mass is 10.1. The first kappa shape index (κ1) is 12.5. The first-order valence-corrected chi connectivity index (χ1v) is 6.34. The number of halogens is 4. The van der Waals surface area contributed by atoms with Gasteiger partial charge in [0.25, 0.3) is 0 Å². The smallest absolute Gasteiger partial charge is 0.310 e. The highest BCUT2D eigenvalue weighted by atomic mass is 79.9. The van der Waals surface area contributed by atoms with Crippen LogP contribution in [0.2, 0.25) is 5.02 Å². The number of benzene rings is 1. The van der Waals surface area contributed by atoms with Crippen LogP contribution in [0.4, 0.5) is 0 Å². The highest BCUT2D eigenvalue weighted by molar-refractivity contribution is 9.10. The molecule has 0 bridgehead atoms. The van der Waals surface area contributed by atoms with Crippen LogP contribution in [0.5, 0.6) is 0 Å². The zero-order valence-corrected chi connectivity index (χ0v) is 11.6. The van der Waals surface area contributed by atoms with Crippen LogP contribution in [-0.4, -0.2) is 15.4 Å². The molecule has 1 unspecified atom stereocenters. The fraction of sp³-hybridized carbons (Fsp3) is 0.300. The molecule has 0 saturated heterocycles. The summed E-state index contributed by atoms with van der Waals surface area (Å²) >= 11 is 21.0. The summed E-state index contributed by atoms with van der Waals surface area (Å²) in [4.78, 5) is 10.9. The number of carbonyl (C=O) groups is 1. The molecule has 0 heterocycles. The Kier molecular flexibility index (Phi) is 3.17. The van der Waals surface area contributed by atoms with Gasteiger partial charge in [0, 0.05) is 10.4 Å². The van der Waals surface area contributed by atoms with Crippen molar-refractivity contribution in [3.63, 3.8) is 0 Å². The molecule has 1 saturated carbocycles. The minimum Gasteiger partial charge on any atom is -0.481 e. The number of hydrogen-bond donors (Lipinski definition) is 1. The Balaban J connectivity index is 2.33. The highest BCUT2D eigenvalue weighted by Crippen LogP contribution is 2.65. The molecule has 0 aromatic heterocycles. The molecule has 1 fully saturated rings. The first-order valence-electron chi connectivity index (χ1n) is 4.41. The molecule has 0 spiro atoms. The van der Waals surface area contributed by atoms with Gasteiger partial charge < -0.3 is 5.11 Å². The molecule has 1 N–H and O–H groups in total. The summed E-state index contributed by atoms with van der Waals surface area (Å²) in [5.41, 5.74) is 0.772. The van der Waals surface area contributed by atoms with E-state index in [0.29, 0.717) is 9.50 Å². The van der Waals surface area contributed by atoms with E-state index in [9.17, 15) is 4.79 Å². The van der Waals surface area contributed by atoms with Gasteiger partial charge in [-0.1, -0.05) is 40.9 Å². The number of rotatable bonds is 2. The van der Waals surface area contributed by atoms with Crippen molar-refractivity contribution in [1.29, 1.82) is 0 Å². The predicted molar refractivity (Wildman–Crippen MR) is 67.5 cm³/mol. The second-order valence-electron chi connectivity index (χ2n) is 3.64. The van der Waals surface area contributed by atoms with Gasteiger partial charge in [0.05, 0.1) is 10.9 Å². The molecule has 1 aliphatic carbocycles. The molecule has 6 heteroatoms. The molecule has 0 radical (unpaired) electrons.